The summed E-state index contributed by atoms with van der Waals surface area (Å²) in [6, 6.07) is 0. The van der Waals surface area contributed by atoms with Gasteiger partial charge >= 0.3 is 5.97 Å². The monoisotopic (exact) mass is 616 g/mol. The lowest BCUT2D eigenvalue weighted by Gasteiger charge is -2.39. The van der Waals surface area contributed by atoms with Crippen LogP contribution in [0.15, 0.2) is 12.2 Å². The summed E-state index contributed by atoms with van der Waals surface area (Å²) in [5.41, 5.74) is 0. The van der Waals surface area contributed by atoms with Crippen molar-refractivity contribution in [3.8, 4) is 0 Å². The zero-order valence-electron chi connectivity index (χ0n) is 27.2. The molecule has 9 nitrogen and oxygen atoms in total. The van der Waals surface area contributed by atoms with E-state index >= 15 is 0 Å². The minimum atomic E-state index is -1.53. The number of esters is 1. The average Bonchev–Trinajstić information content (AvgIpc) is 3.00. The van der Waals surface area contributed by atoms with Crippen molar-refractivity contribution in [2.24, 2.45) is 0 Å². The van der Waals surface area contributed by atoms with Crippen LogP contribution in [-0.2, 0) is 23.7 Å². The molecule has 1 heterocycles. The Morgan fingerprint density at radius 1 is 0.721 bits per heavy atom. The normalized spacial score (nSPS) is 23.2. The number of aliphatic hydroxyl groups excluding tert-OH is 4. The minimum Gasteiger partial charge on any atom is -0.457 e. The Morgan fingerprint density at radius 2 is 1.28 bits per heavy atom. The van der Waals surface area contributed by atoms with Crippen LogP contribution >= 0.6 is 0 Å². The van der Waals surface area contributed by atoms with Gasteiger partial charge in [-0.15, -0.1) is 0 Å². The second kappa shape index (κ2) is 27.3. The second-order valence-electron chi connectivity index (χ2n) is 12.0. The minimum absolute atomic E-state index is 0.113. The second-order valence-corrected chi connectivity index (χ2v) is 12.0. The van der Waals surface area contributed by atoms with Crippen LogP contribution in [0.1, 0.15) is 136 Å². The number of allylic oxidation sites excluding steroid dienone is 2. The summed E-state index contributed by atoms with van der Waals surface area (Å²) < 4.78 is 22.5. The molecule has 1 aliphatic heterocycles. The van der Waals surface area contributed by atoms with Gasteiger partial charge in [0.25, 0.3) is 0 Å². The van der Waals surface area contributed by atoms with Gasteiger partial charge in [-0.1, -0.05) is 103 Å². The molecule has 0 aromatic rings. The molecule has 254 valence electrons. The third-order valence-electron chi connectivity index (χ3n) is 7.93. The third-order valence-corrected chi connectivity index (χ3v) is 7.93. The maximum absolute atomic E-state index is 12.5. The van der Waals surface area contributed by atoms with Crippen molar-refractivity contribution in [1.29, 1.82) is 0 Å². The van der Waals surface area contributed by atoms with E-state index < -0.39 is 43.4 Å². The van der Waals surface area contributed by atoms with Gasteiger partial charge in [-0.3, -0.25) is 4.79 Å². The lowest BCUT2D eigenvalue weighted by Crippen LogP contribution is -2.59. The molecule has 0 amide bonds. The van der Waals surface area contributed by atoms with Crippen LogP contribution in [0.25, 0.3) is 0 Å². The summed E-state index contributed by atoms with van der Waals surface area (Å²) in [6.07, 6.45) is 18.3. The summed E-state index contributed by atoms with van der Waals surface area (Å²) in [5, 5.41) is 39.7. The fourth-order valence-electron chi connectivity index (χ4n) is 5.13. The number of carbonyl (C=O) groups is 1. The van der Waals surface area contributed by atoms with E-state index in [1.54, 1.807) is 0 Å². The number of aliphatic hydroxyl groups is 4. The Morgan fingerprint density at radius 3 is 1.91 bits per heavy atom. The Hall–Kier alpha value is -1.07. The van der Waals surface area contributed by atoms with E-state index in [0.717, 1.165) is 32.1 Å². The van der Waals surface area contributed by atoms with Crippen molar-refractivity contribution in [2.45, 2.75) is 173 Å². The maximum atomic E-state index is 12.5. The predicted molar refractivity (Wildman–Crippen MR) is 169 cm³/mol. The SMILES string of the molecule is CCCCCC/C=C\CCCCCCCCOCC(COC1OC(CO)C(O)C(O)C1O)OC(=O)CCCCCCCC. The molecule has 1 saturated heterocycles. The van der Waals surface area contributed by atoms with Gasteiger partial charge in [-0.2, -0.15) is 0 Å². The smallest absolute Gasteiger partial charge is 0.306 e. The molecule has 1 rings (SSSR count). The number of ether oxygens (including phenoxy) is 4. The van der Waals surface area contributed by atoms with E-state index in [9.17, 15) is 25.2 Å². The van der Waals surface area contributed by atoms with E-state index in [4.69, 9.17) is 18.9 Å². The van der Waals surface area contributed by atoms with Gasteiger partial charge < -0.3 is 39.4 Å². The van der Waals surface area contributed by atoms with Crippen LogP contribution in [0.3, 0.4) is 0 Å². The molecular formula is C34H64O9. The topological polar surface area (TPSA) is 135 Å². The summed E-state index contributed by atoms with van der Waals surface area (Å²) in [5.74, 6) is -0.326. The Kier molecular flexibility index (Phi) is 25.3. The van der Waals surface area contributed by atoms with Crippen LogP contribution in [-0.4, -0.2) is 89.6 Å². The van der Waals surface area contributed by atoms with Crippen molar-refractivity contribution < 1.29 is 44.2 Å². The quantitative estimate of drug-likeness (QED) is 0.0493. The lowest BCUT2D eigenvalue weighted by atomic mass is 9.99. The van der Waals surface area contributed by atoms with E-state index in [1.165, 1.54) is 83.5 Å². The van der Waals surface area contributed by atoms with Crippen LogP contribution in [0, 0.1) is 0 Å². The van der Waals surface area contributed by atoms with Gasteiger partial charge in [0.15, 0.2) is 6.29 Å². The molecule has 0 aliphatic carbocycles. The van der Waals surface area contributed by atoms with Crippen molar-refractivity contribution >= 4 is 5.97 Å². The van der Waals surface area contributed by atoms with Crippen molar-refractivity contribution in [1.82, 2.24) is 0 Å². The molecule has 0 saturated carbocycles. The maximum Gasteiger partial charge on any atom is 0.306 e. The van der Waals surface area contributed by atoms with Gasteiger partial charge in [-0.25, -0.2) is 0 Å². The molecule has 0 aromatic heterocycles. The van der Waals surface area contributed by atoms with Crippen molar-refractivity contribution in [3.05, 3.63) is 12.2 Å². The van der Waals surface area contributed by atoms with Gasteiger partial charge in [0.2, 0.25) is 0 Å². The first-order chi connectivity index (χ1) is 20.9. The fraction of sp³-hybridized carbons (Fsp3) is 0.912. The molecule has 1 aliphatic rings. The summed E-state index contributed by atoms with van der Waals surface area (Å²) in [7, 11) is 0. The first-order valence-electron chi connectivity index (χ1n) is 17.3. The molecule has 1 fully saturated rings. The molecule has 4 N–H and O–H groups in total. The number of carbonyl (C=O) groups excluding carboxylic acids is 1. The van der Waals surface area contributed by atoms with E-state index in [0.29, 0.717) is 13.0 Å². The highest BCUT2D eigenvalue weighted by molar-refractivity contribution is 5.69. The number of hydrogen-bond donors (Lipinski definition) is 4. The van der Waals surface area contributed by atoms with Crippen molar-refractivity contribution in [2.75, 3.05) is 26.4 Å². The van der Waals surface area contributed by atoms with E-state index in [2.05, 4.69) is 26.0 Å². The highest BCUT2D eigenvalue weighted by Crippen LogP contribution is 2.22. The van der Waals surface area contributed by atoms with Crippen LogP contribution in [0.2, 0.25) is 0 Å². The molecule has 0 bridgehead atoms. The van der Waals surface area contributed by atoms with Crippen LogP contribution in [0.4, 0.5) is 0 Å². The third kappa shape index (κ3) is 19.8. The molecular weight excluding hydrogens is 552 g/mol. The van der Waals surface area contributed by atoms with Crippen LogP contribution in [0.5, 0.6) is 0 Å². The molecule has 0 spiro atoms. The predicted octanol–water partition coefficient (Wildman–Crippen LogP) is 5.74. The fourth-order valence-corrected chi connectivity index (χ4v) is 5.13. The Balaban J connectivity index is 2.32. The average molecular weight is 617 g/mol. The van der Waals surface area contributed by atoms with Gasteiger partial charge in [0.1, 0.15) is 30.5 Å². The van der Waals surface area contributed by atoms with Gasteiger partial charge in [-0.05, 0) is 38.5 Å². The van der Waals surface area contributed by atoms with Gasteiger partial charge in [0, 0.05) is 13.0 Å². The molecule has 0 radical (unpaired) electrons. The number of unbranched alkanes of at least 4 members (excludes halogenated alkanes) is 15. The zero-order valence-corrected chi connectivity index (χ0v) is 27.2. The Labute approximate surface area is 261 Å². The zero-order chi connectivity index (χ0) is 31.5. The van der Waals surface area contributed by atoms with Crippen molar-refractivity contribution in [3.63, 3.8) is 0 Å². The van der Waals surface area contributed by atoms with Gasteiger partial charge in [0.05, 0.1) is 19.8 Å². The molecule has 6 unspecified atom stereocenters. The molecule has 9 heteroatoms. The lowest BCUT2D eigenvalue weighted by molar-refractivity contribution is -0.305. The first-order valence-corrected chi connectivity index (χ1v) is 17.3. The number of hydrogen-bond acceptors (Lipinski definition) is 9. The van der Waals surface area contributed by atoms with E-state index in [-0.39, 0.29) is 19.2 Å². The highest BCUT2D eigenvalue weighted by Gasteiger charge is 2.44. The summed E-state index contributed by atoms with van der Waals surface area (Å²) in [6.45, 7) is 4.45. The van der Waals surface area contributed by atoms with Crippen LogP contribution < -0.4 is 0 Å². The number of rotatable bonds is 28. The summed E-state index contributed by atoms with van der Waals surface area (Å²) >= 11 is 0. The standard InChI is InChI=1S/C34H64O9/c1-3-5-7-9-11-12-13-14-15-16-17-18-20-22-24-40-26-28(42-30(36)23-21-19-10-8-6-4-2)27-41-34-33(39)32(38)31(37)29(25-35)43-34/h12-13,28-29,31-35,37-39H,3-11,14-27H2,1-2H3/b13-12-. The first kappa shape index (κ1) is 40.0. The Bertz CT molecular complexity index is 672. The molecule has 0 aromatic carbocycles. The summed E-state index contributed by atoms with van der Waals surface area (Å²) in [4.78, 5) is 12.5. The molecule has 6 atom stereocenters. The largest absolute Gasteiger partial charge is 0.457 e. The highest BCUT2D eigenvalue weighted by atomic mass is 16.7. The van der Waals surface area contributed by atoms with E-state index in [1.807, 2.05) is 0 Å². The molecule has 43 heavy (non-hydrogen) atoms.